The van der Waals surface area contributed by atoms with E-state index in [1.54, 1.807) is 13.3 Å². The Labute approximate surface area is 105 Å². The Morgan fingerprint density at radius 1 is 1.33 bits per heavy atom. The lowest BCUT2D eigenvalue weighted by Gasteiger charge is -2.12. The Hall–Kier alpha value is -2.17. The molecular weight excluding hydrogens is 230 g/mol. The molecule has 0 saturated heterocycles. The van der Waals surface area contributed by atoms with E-state index < -0.39 is 5.97 Å². The van der Waals surface area contributed by atoms with Crippen LogP contribution < -0.4 is 0 Å². The third-order valence-electron chi connectivity index (χ3n) is 3.02. The molecule has 0 amide bonds. The minimum atomic E-state index is -0.933. The average Bonchev–Trinajstić information content (AvgIpc) is 2.79. The fraction of sp³-hybridized carbons (Fsp3) is 0.308. The molecule has 5 heteroatoms. The highest BCUT2D eigenvalue weighted by Crippen LogP contribution is 2.28. The van der Waals surface area contributed by atoms with Crippen LogP contribution >= 0.6 is 0 Å². The molecule has 1 heterocycles. The largest absolute Gasteiger partial charge is 0.478 e. The zero-order valence-corrected chi connectivity index (χ0v) is 10.6. The molecule has 0 fully saturated rings. The number of aryl methyl sites for hydroxylation is 3. The summed E-state index contributed by atoms with van der Waals surface area (Å²) in [4.78, 5) is 11.4. The summed E-state index contributed by atoms with van der Waals surface area (Å²) >= 11 is 0. The molecule has 1 N–H and O–H groups in total. The smallest absolute Gasteiger partial charge is 0.336 e. The predicted molar refractivity (Wildman–Crippen MR) is 67.6 cm³/mol. The Kier molecular flexibility index (Phi) is 3.14. The molecule has 0 spiro atoms. The summed E-state index contributed by atoms with van der Waals surface area (Å²) in [7, 11) is 0. The summed E-state index contributed by atoms with van der Waals surface area (Å²) in [6.45, 7) is 6.35. The molecule has 0 aliphatic rings. The maximum Gasteiger partial charge on any atom is 0.336 e. The van der Waals surface area contributed by atoms with Crippen LogP contribution in [0.15, 0.2) is 18.5 Å². The number of benzene rings is 1. The molecule has 5 nitrogen and oxygen atoms in total. The Morgan fingerprint density at radius 3 is 2.61 bits per heavy atom. The maximum absolute atomic E-state index is 11.4. The second-order valence-corrected chi connectivity index (χ2v) is 4.20. The van der Waals surface area contributed by atoms with Crippen molar-refractivity contribution >= 4 is 5.97 Å². The first-order valence-electron chi connectivity index (χ1n) is 5.78. The van der Waals surface area contributed by atoms with Gasteiger partial charge in [-0.25, -0.2) is 4.79 Å². The van der Waals surface area contributed by atoms with Crippen molar-refractivity contribution in [1.29, 1.82) is 0 Å². The van der Waals surface area contributed by atoms with Gasteiger partial charge in [0.1, 0.15) is 6.33 Å². The van der Waals surface area contributed by atoms with E-state index in [1.165, 1.54) is 0 Å². The molecule has 1 aromatic carbocycles. The van der Waals surface area contributed by atoms with Gasteiger partial charge in [0, 0.05) is 12.1 Å². The van der Waals surface area contributed by atoms with Crippen LogP contribution in [0.2, 0.25) is 0 Å². The van der Waals surface area contributed by atoms with E-state index in [1.807, 2.05) is 30.5 Å². The molecule has 0 bridgehead atoms. The minimum Gasteiger partial charge on any atom is -0.478 e. The van der Waals surface area contributed by atoms with E-state index in [0.29, 0.717) is 23.5 Å². The lowest BCUT2D eigenvalue weighted by molar-refractivity contribution is 0.0697. The zero-order chi connectivity index (χ0) is 13.3. The Morgan fingerprint density at radius 2 is 2.00 bits per heavy atom. The molecular formula is C13H15N3O2. The van der Waals surface area contributed by atoms with E-state index in [2.05, 4.69) is 10.2 Å². The van der Waals surface area contributed by atoms with Gasteiger partial charge in [-0.15, -0.1) is 10.2 Å². The highest BCUT2D eigenvalue weighted by atomic mass is 16.4. The number of aromatic carboxylic acids is 1. The summed E-state index contributed by atoms with van der Waals surface area (Å²) in [5.74, 6) is -0.326. The van der Waals surface area contributed by atoms with Gasteiger partial charge in [-0.05, 0) is 31.9 Å². The normalized spacial score (nSPS) is 10.6. The molecule has 0 unspecified atom stereocenters. The quantitative estimate of drug-likeness (QED) is 0.900. The van der Waals surface area contributed by atoms with Crippen molar-refractivity contribution in [2.24, 2.45) is 0 Å². The van der Waals surface area contributed by atoms with Gasteiger partial charge in [0.15, 0.2) is 5.82 Å². The zero-order valence-electron chi connectivity index (χ0n) is 10.6. The van der Waals surface area contributed by atoms with Crippen LogP contribution in [0.25, 0.3) is 11.4 Å². The fourth-order valence-electron chi connectivity index (χ4n) is 2.05. The topological polar surface area (TPSA) is 68.0 Å². The van der Waals surface area contributed by atoms with Crippen molar-refractivity contribution in [2.75, 3.05) is 0 Å². The number of carbonyl (C=O) groups is 1. The van der Waals surface area contributed by atoms with Gasteiger partial charge in [0.2, 0.25) is 0 Å². The van der Waals surface area contributed by atoms with E-state index >= 15 is 0 Å². The molecule has 94 valence electrons. The van der Waals surface area contributed by atoms with Gasteiger partial charge in [-0.3, -0.25) is 0 Å². The minimum absolute atomic E-state index is 0.303. The highest BCUT2D eigenvalue weighted by Gasteiger charge is 2.20. The summed E-state index contributed by atoms with van der Waals surface area (Å²) < 4.78 is 1.84. The molecule has 1 aromatic heterocycles. The number of nitrogens with zero attached hydrogens (tertiary/aromatic N) is 3. The standard InChI is InChI=1S/C13H15N3O2/c1-4-16-7-14-15-12(16)10-8(2)5-6-9(3)11(10)13(17)18/h5-7H,4H2,1-3H3,(H,17,18). The Balaban J connectivity index is 2.78. The summed E-state index contributed by atoms with van der Waals surface area (Å²) in [6, 6.07) is 3.72. The first-order chi connectivity index (χ1) is 8.56. The number of rotatable bonds is 3. The second kappa shape index (κ2) is 4.60. The number of hydrogen-bond acceptors (Lipinski definition) is 3. The number of carboxylic acids is 1. The van der Waals surface area contributed by atoms with E-state index in [4.69, 9.17) is 0 Å². The van der Waals surface area contributed by atoms with Gasteiger partial charge < -0.3 is 9.67 Å². The lowest BCUT2D eigenvalue weighted by atomic mass is 9.96. The maximum atomic E-state index is 11.4. The van der Waals surface area contributed by atoms with Crippen LogP contribution in [0.5, 0.6) is 0 Å². The third kappa shape index (κ3) is 1.88. The van der Waals surface area contributed by atoms with Crippen molar-refractivity contribution in [1.82, 2.24) is 14.8 Å². The second-order valence-electron chi connectivity index (χ2n) is 4.20. The van der Waals surface area contributed by atoms with Crippen LogP contribution in [-0.4, -0.2) is 25.8 Å². The summed E-state index contributed by atoms with van der Waals surface area (Å²) in [5, 5.41) is 17.3. The van der Waals surface area contributed by atoms with Gasteiger partial charge in [-0.2, -0.15) is 0 Å². The molecule has 18 heavy (non-hydrogen) atoms. The van der Waals surface area contributed by atoms with Crippen LogP contribution in [0.4, 0.5) is 0 Å². The fourth-order valence-corrected chi connectivity index (χ4v) is 2.05. The predicted octanol–water partition coefficient (Wildman–Crippen LogP) is 2.28. The van der Waals surface area contributed by atoms with Gasteiger partial charge >= 0.3 is 5.97 Å². The van der Waals surface area contributed by atoms with E-state index in [0.717, 1.165) is 11.1 Å². The van der Waals surface area contributed by atoms with Gasteiger partial charge in [0.05, 0.1) is 5.56 Å². The third-order valence-corrected chi connectivity index (χ3v) is 3.02. The van der Waals surface area contributed by atoms with Crippen LogP contribution in [0, 0.1) is 13.8 Å². The first kappa shape index (κ1) is 12.3. The Bertz CT molecular complexity index is 602. The summed E-state index contributed by atoms with van der Waals surface area (Å²) in [5.41, 5.74) is 2.58. The van der Waals surface area contributed by atoms with Crippen molar-refractivity contribution in [2.45, 2.75) is 27.3 Å². The summed E-state index contributed by atoms with van der Waals surface area (Å²) in [6.07, 6.45) is 1.61. The number of carboxylic acid groups (broad SMARTS) is 1. The molecule has 2 rings (SSSR count). The van der Waals surface area contributed by atoms with Crippen molar-refractivity contribution < 1.29 is 9.90 Å². The molecule has 2 aromatic rings. The SMILES string of the molecule is CCn1cnnc1-c1c(C)ccc(C)c1C(=O)O. The molecule has 0 aliphatic heterocycles. The van der Waals surface area contributed by atoms with Gasteiger partial charge in [-0.1, -0.05) is 12.1 Å². The van der Waals surface area contributed by atoms with Gasteiger partial charge in [0.25, 0.3) is 0 Å². The highest BCUT2D eigenvalue weighted by molar-refractivity contribution is 5.97. The number of aromatic nitrogens is 3. The van der Waals surface area contributed by atoms with E-state index in [-0.39, 0.29) is 0 Å². The first-order valence-corrected chi connectivity index (χ1v) is 5.78. The van der Waals surface area contributed by atoms with Crippen molar-refractivity contribution in [3.63, 3.8) is 0 Å². The molecule has 0 radical (unpaired) electrons. The van der Waals surface area contributed by atoms with Crippen LogP contribution in [0.3, 0.4) is 0 Å². The van der Waals surface area contributed by atoms with Crippen molar-refractivity contribution in [3.8, 4) is 11.4 Å². The average molecular weight is 245 g/mol. The monoisotopic (exact) mass is 245 g/mol. The lowest BCUT2D eigenvalue weighted by Crippen LogP contribution is -2.07. The van der Waals surface area contributed by atoms with E-state index in [9.17, 15) is 9.90 Å². The number of hydrogen-bond donors (Lipinski definition) is 1. The van der Waals surface area contributed by atoms with Crippen LogP contribution in [0.1, 0.15) is 28.4 Å². The van der Waals surface area contributed by atoms with Crippen LogP contribution in [-0.2, 0) is 6.54 Å². The van der Waals surface area contributed by atoms with Crippen molar-refractivity contribution in [3.05, 3.63) is 35.2 Å². The molecule has 0 atom stereocenters. The molecule has 0 aliphatic carbocycles. The molecule has 0 saturated carbocycles.